The van der Waals surface area contributed by atoms with Gasteiger partial charge >= 0.3 is 0 Å². The van der Waals surface area contributed by atoms with E-state index in [1.807, 2.05) is 45.0 Å². The van der Waals surface area contributed by atoms with Gasteiger partial charge < -0.3 is 10.2 Å². The van der Waals surface area contributed by atoms with Crippen LogP contribution in [0.2, 0.25) is 0 Å². The second-order valence-electron chi connectivity index (χ2n) is 9.85. The summed E-state index contributed by atoms with van der Waals surface area (Å²) in [5, 5.41) is 2.88. The van der Waals surface area contributed by atoms with E-state index in [0.717, 1.165) is 50.8 Å². The van der Waals surface area contributed by atoms with Crippen molar-refractivity contribution in [3.63, 3.8) is 0 Å². The number of rotatable bonds is 5. The Bertz CT molecular complexity index is 1100. The van der Waals surface area contributed by atoms with Crippen LogP contribution in [0.1, 0.15) is 63.6 Å². The van der Waals surface area contributed by atoms with Crippen molar-refractivity contribution in [1.82, 2.24) is 4.72 Å². The van der Waals surface area contributed by atoms with Crippen LogP contribution in [0, 0.1) is 5.41 Å². The Balaban J connectivity index is 1.69. The van der Waals surface area contributed by atoms with E-state index < -0.39 is 15.4 Å². The third-order valence-corrected chi connectivity index (χ3v) is 7.80. The summed E-state index contributed by atoms with van der Waals surface area (Å²) < 4.78 is 30.3. The van der Waals surface area contributed by atoms with Crippen molar-refractivity contribution in [2.75, 3.05) is 23.3 Å². The van der Waals surface area contributed by atoms with E-state index >= 15 is 0 Å². The van der Waals surface area contributed by atoms with Gasteiger partial charge in [0.1, 0.15) is 4.90 Å². The summed E-state index contributed by atoms with van der Waals surface area (Å²) in [5.41, 5.74) is 2.89. The molecule has 0 spiro atoms. The molecule has 0 saturated carbocycles. The van der Waals surface area contributed by atoms with Gasteiger partial charge in [0.05, 0.1) is 5.69 Å². The largest absolute Gasteiger partial charge is 0.370 e. The lowest BCUT2D eigenvalue weighted by atomic mass is 9.88. The van der Waals surface area contributed by atoms with Crippen LogP contribution in [0.15, 0.2) is 47.4 Å². The molecule has 1 aliphatic heterocycles. The molecule has 1 atom stereocenters. The number of benzene rings is 2. The molecule has 2 aromatic rings. The second-order valence-corrected chi connectivity index (χ2v) is 11.5. The predicted molar refractivity (Wildman–Crippen MR) is 128 cm³/mol. The molecule has 0 bridgehead atoms. The number of aryl methyl sites for hydroxylation is 1. The van der Waals surface area contributed by atoms with Crippen LogP contribution < -0.4 is 14.9 Å². The van der Waals surface area contributed by atoms with Crippen LogP contribution >= 0.6 is 0 Å². The fraction of sp³-hybridized carbons (Fsp3) is 0.480. The maximum atomic E-state index is 13.7. The molecule has 32 heavy (non-hydrogen) atoms. The summed E-state index contributed by atoms with van der Waals surface area (Å²) in [6.07, 6.45) is 4.79. The van der Waals surface area contributed by atoms with Crippen molar-refractivity contribution in [1.29, 1.82) is 0 Å². The highest BCUT2D eigenvalue weighted by Gasteiger charge is 2.30. The van der Waals surface area contributed by atoms with Crippen LogP contribution in [0.3, 0.4) is 0 Å². The van der Waals surface area contributed by atoms with Crippen molar-refractivity contribution >= 4 is 27.3 Å². The molecule has 1 aliphatic carbocycles. The van der Waals surface area contributed by atoms with Gasteiger partial charge in [0, 0.05) is 30.2 Å². The first kappa shape index (κ1) is 22.8. The molecule has 1 heterocycles. The first-order chi connectivity index (χ1) is 15.1. The zero-order valence-corrected chi connectivity index (χ0v) is 20.0. The Morgan fingerprint density at radius 2 is 1.75 bits per heavy atom. The van der Waals surface area contributed by atoms with Gasteiger partial charge in [0.25, 0.3) is 0 Å². The number of amides is 1. The molecule has 1 amide bonds. The number of fused-ring (bicyclic) bond motifs is 1. The average molecular weight is 456 g/mol. The lowest BCUT2D eigenvalue weighted by Crippen LogP contribution is -2.33. The molecule has 0 aromatic heterocycles. The molecule has 0 radical (unpaired) electrons. The second kappa shape index (κ2) is 8.87. The van der Waals surface area contributed by atoms with Crippen molar-refractivity contribution in [3.05, 3.63) is 53.6 Å². The van der Waals surface area contributed by atoms with E-state index in [2.05, 4.69) is 21.0 Å². The summed E-state index contributed by atoms with van der Waals surface area (Å²) in [6, 6.07) is 13.0. The summed E-state index contributed by atoms with van der Waals surface area (Å²) in [5.74, 6) is -0.149. The monoisotopic (exact) mass is 455 g/mol. The number of nitrogens with one attached hydrogen (secondary N) is 2. The number of carbonyl (C=O) groups is 1. The number of sulfonamides is 1. The van der Waals surface area contributed by atoms with Crippen LogP contribution in [-0.4, -0.2) is 27.4 Å². The Labute approximate surface area is 191 Å². The lowest BCUT2D eigenvalue weighted by molar-refractivity contribution is -0.123. The topological polar surface area (TPSA) is 78.5 Å². The predicted octanol–water partition coefficient (Wildman–Crippen LogP) is 4.63. The van der Waals surface area contributed by atoms with Crippen molar-refractivity contribution in [2.24, 2.45) is 5.41 Å². The number of hydrogen-bond donors (Lipinski definition) is 2. The Morgan fingerprint density at radius 1 is 1.03 bits per heavy atom. The molecular formula is C25H33N3O3S. The third kappa shape index (κ3) is 4.84. The highest BCUT2D eigenvalue weighted by atomic mass is 32.2. The zero-order chi connectivity index (χ0) is 22.9. The molecule has 172 valence electrons. The third-order valence-electron chi connectivity index (χ3n) is 6.30. The summed E-state index contributed by atoms with van der Waals surface area (Å²) >= 11 is 0. The smallest absolute Gasteiger partial charge is 0.243 e. The van der Waals surface area contributed by atoms with E-state index in [9.17, 15) is 13.2 Å². The van der Waals surface area contributed by atoms with Crippen molar-refractivity contribution in [3.8, 4) is 0 Å². The minimum absolute atomic E-state index is 0.149. The minimum Gasteiger partial charge on any atom is -0.370 e. The molecule has 2 aromatic carbocycles. The first-order valence-corrected chi connectivity index (χ1v) is 12.9. The van der Waals surface area contributed by atoms with Gasteiger partial charge in [-0.1, -0.05) is 45.0 Å². The van der Waals surface area contributed by atoms with Gasteiger partial charge in [-0.25, -0.2) is 13.1 Å². The van der Waals surface area contributed by atoms with Crippen LogP contribution in [0.25, 0.3) is 0 Å². The number of hydrogen-bond acceptors (Lipinski definition) is 4. The maximum absolute atomic E-state index is 13.7. The van der Waals surface area contributed by atoms with Gasteiger partial charge in [-0.15, -0.1) is 0 Å². The molecule has 1 fully saturated rings. The number of nitrogens with zero attached hydrogens (tertiary/aromatic N) is 1. The summed E-state index contributed by atoms with van der Waals surface area (Å²) in [4.78, 5) is 14.9. The van der Waals surface area contributed by atoms with Gasteiger partial charge in [-0.3, -0.25) is 4.79 Å². The minimum atomic E-state index is -3.81. The van der Waals surface area contributed by atoms with E-state index in [1.165, 1.54) is 5.56 Å². The quantitative estimate of drug-likeness (QED) is 0.689. The highest BCUT2D eigenvalue weighted by molar-refractivity contribution is 7.89. The molecular weight excluding hydrogens is 422 g/mol. The molecule has 6 nitrogen and oxygen atoms in total. The van der Waals surface area contributed by atoms with Gasteiger partial charge in [0.2, 0.25) is 15.9 Å². The normalized spacial score (nSPS) is 19.0. The van der Waals surface area contributed by atoms with Crippen LogP contribution in [-0.2, 0) is 21.2 Å². The fourth-order valence-electron chi connectivity index (χ4n) is 4.47. The maximum Gasteiger partial charge on any atom is 0.243 e. The van der Waals surface area contributed by atoms with E-state index in [1.54, 1.807) is 12.1 Å². The Kier molecular flexibility index (Phi) is 6.32. The van der Waals surface area contributed by atoms with E-state index in [0.29, 0.717) is 11.4 Å². The number of carbonyl (C=O) groups excluding carboxylic acids is 1. The molecule has 4 rings (SSSR count). The summed E-state index contributed by atoms with van der Waals surface area (Å²) in [6.45, 7) is 7.17. The SMILES string of the molecule is CC(C)(C)C(=O)Nc1ccc(N2CCCC2)c(S(=O)(=O)N[C@@H]2CCCc3ccccc32)c1. The first-order valence-electron chi connectivity index (χ1n) is 11.5. The van der Waals surface area contributed by atoms with E-state index in [-0.39, 0.29) is 16.8 Å². The van der Waals surface area contributed by atoms with Crippen molar-refractivity contribution in [2.45, 2.75) is 63.8 Å². The van der Waals surface area contributed by atoms with E-state index in [4.69, 9.17) is 0 Å². The standard InChI is InChI=1S/C25H33N3O3S/c1-25(2,3)24(29)26-19-13-14-22(28-15-6-7-16-28)23(17-19)32(30,31)27-21-12-8-10-18-9-4-5-11-20(18)21/h4-5,9,11,13-14,17,21,27H,6-8,10,12,15-16H2,1-3H3,(H,26,29)/t21-/m1/s1. The van der Waals surface area contributed by atoms with Gasteiger partial charge in [-0.05, 0) is 61.4 Å². The molecule has 2 N–H and O–H groups in total. The Hall–Kier alpha value is -2.38. The van der Waals surface area contributed by atoms with Crippen molar-refractivity contribution < 1.29 is 13.2 Å². The molecule has 2 aliphatic rings. The van der Waals surface area contributed by atoms with Gasteiger partial charge in [0.15, 0.2) is 0 Å². The summed E-state index contributed by atoms with van der Waals surface area (Å²) in [7, 11) is -3.81. The molecule has 7 heteroatoms. The molecule has 1 saturated heterocycles. The van der Waals surface area contributed by atoms with Gasteiger partial charge in [-0.2, -0.15) is 0 Å². The Morgan fingerprint density at radius 3 is 2.47 bits per heavy atom. The zero-order valence-electron chi connectivity index (χ0n) is 19.1. The fourth-order valence-corrected chi connectivity index (χ4v) is 5.97. The van der Waals surface area contributed by atoms with Crippen LogP contribution in [0.5, 0.6) is 0 Å². The molecule has 0 unspecified atom stereocenters. The lowest BCUT2D eigenvalue weighted by Gasteiger charge is -2.28. The highest BCUT2D eigenvalue weighted by Crippen LogP contribution is 2.35. The average Bonchev–Trinajstić information content (AvgIpc) is 3.28. The number of anilines is 2. The van der Waals surface area contributed by atoms with Crippen LogP contribution in [0.4, 0.5) is 11.4 Å².